The summed E-state index contributed by atoms with van der Waals surface area (Å²) in [5.41, 5.74) is -2.77. The van der Waals surface area contributed by atoms with Gasteiger partial charge in [0.25, 0.3) is 0 Å². The zero-order chi connectivity index (χ0) is 28.2. The molecule has 0 bridgehead atoms. The van der Waals surface area contributed by atoms with E-state index in [0.717, 1.165) is 26.5 Å². The smallest absolute Gasteiger partial charge is 0.303 e. The number of methoxy groups -OCH3 is 1. The number of alkyl halides is 2. The highest BCUT2D eigenvalue weighted by atomic mass is 19.3. The molecule has 1 aromatic heterocycles. The van der Waals surface area contributed by atoms with Gasteiger partial charge in [0, 0.05) is 24.5 Å². The number of aryl methyl sites for hydroxylation is 1. The number of hydrogen-bond acceptors (Lipinski definition) is 9. The molecule has 1 aliphatic heterocycles. The first-order valence-corrected chi connectivity index (χ1v) is 12.6. The Labute approximate surface area is 224 Å². The average molecular weight is 551 g/mol. The Hall–Kier alpha value is -3.35. The van der Waals surface area contributed by atoms with Crippen molar-refractivity contribution in [2.75, 3.05) is 51.9 Å². The van der Waals surface area contributed by atoms with Gasteiger partial charge in [-0.2, -0.15) is 8.78 Å². The van der Waals surface area contributed by atoms with Crippen molar-refractivity contribution in [2.24, 2.45) is 0 Å². The van der Waals surface area contributed by atoms with Gasteiger partial charge in [-0.1, -0.05) is 6.07 Å². The molecule has 0 spiro atoms. The molecule has 0 amide bonds. The monoisotopic (exact) mass is 550 g/mol. The average Bonchev–Trinajstić information content (AvgIpc) is 2.90. The molecule has 3 aromatic rings. The maximum atomic E-state index is 14.8. The number of fused-ring (bicyclic) bond motifs is 1. The van der Waals surface area contributed by atoms with Crippen LogP contribution in [0.1, 0.15) is 25.2 Å². The fourth-order valence-electron chi connectivity index (χ4n) is 4.09. The Balaban J connectivity index is 1.47. The molecule has 0 aliphatic carbocycles. The van der Waals surface area contributed by atoms with Gasteiger partial charge in [-0.25, -0.2) is 14.4 Å². The van der Waals surface area contributed by atoms with Crippen LogP contribution >= 0.6 is 0 Å². The van der Waals surface area contributed by atoms with Gasteiger partial charge in [0.2, 0.25) is 0 Å². The van der Waals surface area contributed by atoms with Gasteiger partial charge in [-0.15, -0.1) is 0 Å². The Bertz CT molecular complexity index is 1300. The first-order chi connectivity index (χ1) is 18.5. The van der Waals surface area contributed by atoms with E-state index in [1.165, 1.54) is 12.1 Å². The van der Waals surface area contributed by atoms with Crippen molar-refractivity contribution >= 4 is 16.7 Å². The van der Waals surface area contributed by atoms with Gasteiger partial charge < -0.3 is 34.7 Å². The topological polar surface area (TPSA) is 107 Å². The summed E-state index contributed by atoms with van der Waals surface area (Å²) >= 11 is 0. The van der Waals surface area contributed by atoms with E-state index >= 15 is 0 Å². The number of nitrogens with one attached hydrogen (secondary N) is 2. The van der Waals surface area contributed by atoms with Gasteiger partial charge in [0.15, 0.2) is 23.1 Å². The molecular weight excluding hydrogens is 517 g/mol. The predicted molar refractivity (Wildman–Crippen MR) is 140 cm³/mol. The van der Waals surface area contributed by atoms with Crippen LogP contribution in [0, 0.1) is 12.7 Å². The Morgan fingerprint density at radius 3 is 2.64 bits per heavy atom. The van der Waals surface area contributed by atoms with Crippen molar-refractivity contribution < 1.29 is 37.2 Å². The highest BCUT2D eigenvalue weighted by Crippen LogP contribution is 2.41. The minimum Gasteiger partial charge on any atom is -0.493 e. The van der Waals surface area contributed by atoms with Gasteiger partial charge in [-0.05, 0) is 39.0 Å². The molecule has 3 N–H and O–H groups in total. The lowest BCUT2D eigenvalue weighted by Gasteiger charge is -2.29. The minimum atomic E-state index is -3.81. The molecule has 39 heavy (non-hydrogen) atoms. The van der Waals surface area contributed by atoms with Crippen molar-refractivity contribution in [3.05, 3.63) is 47.5 Å². The van der Waals surface area contributed by atoms with Crippen molar-refractivity contribution in [3.63, 3.8) is 0 Å². The highest BCUT2D eigenvalue weighted by molar-refractivity contribution is 5.91. The lowest BCUT2D eigenvalue weighted by atomic mass is 9.93. The number of anilines is 1. The Morgan fingerprint density at radius 2 is 1.95 bits per heavy atom. The van der Waals surface area contributed by atoms with E-state index in [2.05, 4.69) is 20.6 Å². The summed E-state index contributed by atoms with van der Waals surface area (Å²) in [5.74, 6) is -3.37. The maximum absolute atomic E-state index is 14.8. The molecule has 12 heteroatoms. The number of aliphatic hydroxyl groups is 1. The number of halogens is 3. The first-order valence-electron chi connectivity index (χ1n) is 12.6. The lowest BCUT2D eigenvalue weighted by Crippen LogP contribution is -2.41. The number of morpholine rings is 1. The normalized spacial score (nSPS) is 16.3. The van der Waals surface area contributed by atoms with E-state index < -0.39 is 22.9 Å². The molecule has 4 rings (SSSR count). The number of rotatable bonds is 11. The van der Waals surface area contributed by atoms with E-state index in [1.54, 1.807) is 26.2 Å². The van der Waals surface area contributed by atoms with Crippen LogP contribution in [0.15, 0.2) is 30.3 Å². The Morgan fingerprint density at radius 1 is 1.15 bits per heavy atom. The zero-order valence-corrected chi connectivity index (χ0v) is 22.3. The quantitative estimate of drug-likeness (QED) is 0.307. The van der Waals surface area contributed by atoms with Crippen LogP contribution in [0.5, 0.6) is 17.2 Å². The second-order valence-corrected chi connectivity index (χ2v) is 9.67. The fourth-order valence-corrected chi connectivity index (χ4v) is 4.09. The standard InChI is InChI=1S/C27H33F3N4O5/c1-16-33-20-13-22(36-4)23(39-15-17-14-31-8-10-37-17)12-18(20)25(34-16)32-9-11-38-21-7-5-6-19(24(21)28)27(29,30)26(2,3)35/h5-7,12-13,17,31,35H,8-11,14-15H2,1-4H3,(H,32,33,34)/t17-/m1/s1. The van der Waals surface area contributed by atoms with Crippen molar-refractivity contribution in [1.82, 2.24) is 15.3 Å². The van der Waals surface area contributed by atoms with Gasteiger partial charge in [0.05, 0.1) is 31.3 Å². The fraction of sp³-hybridized carbons (Fsp3) is 0.481. The van der Waals surface area contributed by atoms with Crippen LogP contribution in [0.2, 0.25) is 0 Å². The molecule has 9 nitrogen and oxygen atoms in total. The number of benzene rings is 2. The summed E-state index contributed by atoms with van der Waals surface area (Å²) in [7, 11) is 1.54. The van der Waals surface area contributed by atoms with Crippen molar-refractivity contribution in [3.8, 4) is 17.2 Å². The second kappa shape index (κ2) is 11.8. The third kappa shape index (κ3) is 6.45. The molecule has 2 aromatic carbocycles. The first kappa shape index (κ1) is 28.7. The summed E-state index contributed by atoms with van der Waals surface area (Å²) in [6.07, 6.45) is -0.0922. The summed E-state index contributed by atoms with van der Waals surface area (Å²) in [4.78, 5) is 8.96. The van der Waals surface area contributed by atoms with Crippen LogP contribution < -0.4 is 24.8 Å². The number of ether oxygens (including phenoxy) is 4. The molecule has 212 valence electrons. The van der Waals surface area contributed by atoms with Crippen LogP contribution in [-0.2, 0) is 10.7 Å². The van der Waals surface area contributed by atoms with Gasteiger partial charge >= 0.3 is 5.92 Å². The number of nitrogens with zero attached hydrogens (tertiary/aromatic N) is 2. The molecule has 1 atom stereocenters. The highest BCUT2D eigenvalue weighted by Gasteiger charge is 2.49. The van der Waals surface area contributed by atoms with Crippen molar-refractivity contribution in [2.45, 2.75) is 38.4 Å². The summed E-state index contributed by atoms with van der Waals surface area (Å²) in [5, 5.41) is 16.9. The molecule has 0 saturated carbocycles. The zero-order valence-electron chi connectivity index (χ0n) is 22.3. The summed E-state index contributed by atoms with van der Waals surface area (Å²) in [6.45, 7) is 6.15. The van der Waals surface area contributed by atoms with Crippen molar-refractivity contribution in [1.29, 1.82) is 0 Å². The van der Waals surface area contributed by atoms with Crippen LogP contribution in [0.4, 0.5) is 19.0 Å². The summed E-state index contributed by atoms with van der Waals surface area (Å²) < 4.78 is 66.6. The lowest BCUT2D eigenvalue weighted by molar-refractivity contribution is -0.170. The van der Waals surface area contributed by atoms with E-state index in [9.17, 15) is 18.3 Å². The summed E-state index contributed by atoms with van der Waals surface area (Å²) in [6, 6.07) is 6.97. The van der Waals surface area contributed by atoms with Gasteiger partial charge in [0.1, 0.15) is 36.6 Å². The largest absolute Gasteiger partial charge is 0.493 e. The SMILES string of the molecule is COc1cc2nc(C)nc(NCCOc3cccc(C(F)(F)C(C)(C)O)c3F)c2cc1OC[C@H]1CNCCO1. The van der Waals surface area contributed by atoms with Gasteiger partial charge in [-0.3, -0.25) is 0 Å². The van der Waals surface area contributed by atoms with E-state index in [0.29, 0.717) is 53.8 Å². The molecular formula is C27H33F3N4O5. The van der Waals surface area contributed by atoms with E-state index in [4.69, 9.17) is 18.9 Å². The second-order valence-electron chi connectivity index (χ2n) is 9.67. The molecule has 1 saturated heterocycles. The third-order valence-electron chi connectivity index (χ3n) is 6.24. The maximum Gasteiger partial charge on any atom is 0.303 e. The number of aromatic nitrogens is 2. The molecule has 0 radical (unpaired) electrons. The third-order valence-corrected chi connectivity index (χ3v) is 6.24. The van der Waals surface area contributed by atoms with E-state index in [1.807, 2.05) is 0 Å². The molecule has 1 aliphatic rings. The number of hydrogen-bond donors (Lipinski definition) is 3. The van der Waals surface area contributed by atoms with Crippen LogP contribution in [0.25, 0.3) is 10.9 Å². The predicted octanol–water partition coefficient (Wildman–Crippen LogP) is 3.81. The van der Waals surface area contributed by atoms with Crippen LogP contribution in [0.3, 0.4) is 0 Å². The van der Waals surface area contributed by atoms with E-state index in [-0.39, 0.29) is 25.0 Å². The van der Waals surface area contributed by atoms with Crippen LogP contribution in [-0.4, -0.2) is 73.3 Å². The molecule has 2 heterocycles. The Kier molecular flexibility index (Phi) is 8.67. The molecule has 1 fully saturated rings. The molecule has 0 unspecified atom stereocenters. The minimum absolute atomic E-state index is 0.0511.